The molecule has 4 heteroatoms. The number of rotatable bonds is 2. The van der Waals surface area contributed by atoms with E-state index >= 15 is 0 Å². The Labute approximate surface area is 101 Å². The third-order valence-electron chi connectivity index (χ3n) is 2.95. The van der Waals surface area contributed by atoms with Gasteiger partial charge in [0, 0.05) is 12.1 Å². The first-order chi connectivity index (χ1) is 8.22. The molecule has 0 N–H and O–H groups in total. The molecule has 4 nitrogen and oxygen atoms in total. The van der Waals surface area contributed by atoms with Gasteiger partial charge in [-0.1, -0.05) is 6.07 Å². The van der Waals surface area contributed by atoms with Crippen molar-refractivity contribution in [2.45, 2.75) is 13.0 Å². The number of morpholine rings is 1. The van der Waals surface area contributed by atoms with E-state index in [1.54, 1.807) is 13.2 Å². The maximum absolute atomic E-state index is 12.3. The van der Waals surface area contributed by atoms with Crippen LogP contribution in [0.25, 0.3) is 0 Å². The molecule has 1 heterocycles. The van der Waals surface area contributed by atoms with E-state index in [2.05, 4.69) is 0 Å². The fraction of sp³-hybridized carbons (Fsp3) is 0.462. The number of nitrogens with zero attached hydrogens (tertiary/aromatic N) is 1. The molecule has 1 aromatic rings. The average Bonchev–Trinajstić information content (AvgIpc) is 2.38. The summed E-state index contributed by atoms with van der Waals surface area (Å²) in [6, 6.07) is 7.37. The fourth-order valence-electron chi connectivity index (χ4n) is 1.95. The predicted molar refractivity (Wildman–Crippen MR) is 64.3 cm³/mol. The van der Waals surface area contributed by atoms with Crippen molar-refractivity contribution in [3.8, 4) is 5.75 Å². The summed E-state index contributed by atoms with van der Waals surface area (Å²) < 4.78 is 10.4. The lowest BCUT2D eigenvalue weighted by Crippen LogP contribution is -2.47. The lowest BCUT2D eigenvalue weighted by Gasteiger charge is -2.33. The number of hydrogen-bond acceptors (Lipinski definition) is 3. The van der Waals surface area contributed by atoms with E-state index in [1.807, 2.05) is 30.0 Å². The van der Waals surface area contributed by atoms with Crippen molar-refractivity contribution in [3.05, 3.63) is 29.8 Å². The van der Waals surface area contributed by atoms with Crippen molar-refractivity contribution in [1.29, 1.82) is 0 Å². The van der Waals surface area contributed by atoms with Crippen molar-refractivity contribution in [1.82, 2.24) is 4.90 Å². The molecule has 1 amide bonds. The standard InChI is InChI=1S/C13H17NO3/c1-10-9-17-7-6-14(10)13(15)11-4-3-5-12(8-11)16-2/h3-5,8,10H,6-7,9H2,1-2H3. The number of hydrogen-bond donors (Lipinski definition) is 0. The molecule has 0 radical (unpaired) electrons. The van der Waals surface area contributed by atoms with Crippen molar-refractivity contribution in [2.75, 3.05) is 26.9 Å². The molecule has 1 aliphatic heterocycles. The molecule has 0 bridgehead atoms. The van der Waals surface area contributed by atoms with Gasteiger partial charge in [-0.2, -0.15) is 0 Å². The SMILES string of the molecule is COc1cccc(C(=O)N2CCOCC2C)c1. The fourth-order valence-corrected chi connectivity index (χ4v) is 1.95. The smallest absolute Gasteiger partial charge is 0.254 e. The highest BCUT2D eigenvalue weighted by Gasteiger charge is 2.24. The van der Waals surface area contributed by atoms with Gasteiger partial charge in [-0.3, -0.25) is 4.79 Å². The van der Waals surface area contributed by atoms with Gasteiger partial charge in [-0.25, -0.2) is 0 Å². The van der Waals surface area contributed by atoms with Crippen LogP contribution in [0.5, 0.6) is 5.75 Å². The van der Waals surface area contributed by atoms with Crippen molar-refractivity contribution < 1.29 is 14.3 Å². The minimum atomic E-state index is 0.0414. The quantitative estimate of drug-likeness (QED) is 0.780. The summed E-state index contributed by atoms with van der Waals surface area (Å²) >= 11 is 0. The van der Waals surface area contributed by atoms with Crippen LogP contribution in [-0.4, -0.2) is 43.7 Å². The number of ether oxygens (including phenoxy) is 2. The maximum atomic E-state index is 12.3. The first-order valence-corrected chi connectivity index (χ1v) is 5.75. The van der Waals surface area contributed by atoms with Gasteiger partial charge in [-0.05, 0) is 25.1 Å². The van der Waals surface area contributed by atoms with Gasteiger partial charge in [0.15, 0.2) is 0 Å². The van der Waals surface area contributed by atoms with Crippen molar-refractivity contribution in [2.24, 2.45) is 0 Å². The molecule has 0 aliphatic carbocycles. The van der Waals surface area contributed by atoms with Gasteiger partial charge in [0.05, 0.1) is 26.4 Å². The summed E-state index contributed by atoms with van der Waals surface area (Å²) in [5.74, 6) is 0.747. The molecule has 1 unspecified atom stereocenters. The lowest BCUT2D eigenvalue weighted by molar-refractivity contribution is 0.00358. The van der Waals surface area contributed by atoms with E-state index in [-0.39, 0.29) is 11.9 Å². The highest BCUT2D eigenvalue weighted by molar-refractivity contribution is 5.94. The minimum absolute atomic E-state index is 0.0414. The summed E-state index contributed by atoms with van der Waals surface area (Å²) in [5, 5.41) is 0. The molecule has 0 spiro atoms. The highest BCUT2D eigenvalue weighted by atomic mass is 16.5. The highest BCUT2D eigenvalue weighted by Crippen LogP contribution is 2.17. The van der Waals surface area contributed by atoms with Crippen LogP contribution >= 0.6 is 0 Å². The molecule has 1 atom stereocenters. The summed E-state index contributed by atoms with van der Waals surface area (Å²) in [4.78, 5) is 14.1. The third kappa shape index (κ3) is 2.58. The molecule has 17 heavy (non-hydrogen) atoms. The number of methoxy groups -OCH3 is 1. The Morgan fingerprint density at radius 1 is 1.53 bits per heavy atom. The van der Waals surface area contributed by atoms with E-state index < -0.39 is 0 Å². The average molecular weight is 235 g/mol. The molecule has 0 aromatic heterocycles. The zero-order valence-corrected chi connectivity index (χ0v) is 10.2. The predicted octanol–water partition coefficient (Wildman–Crippen LogP) is 1.56. The summed E-state index contributed by atoms with van der Waals surface area (Å²) in [5.41, 5.74) is 0.665. The second-order valence-corrected chi connectivity index (χ2v) is 4.15. The van der Waals surface area contributed by atoms with Gasteiger partial charge >= 0.3 is 0 Å². The second kappa shape index (κ2) is 5.19. The second-order valence-electron chi connectivity index (χ2n) is 4.15. The van der Waals surface area contributed by atoms with Gasteiger partial charge in [0.1, 0.15) is 5.75 Å². The van der Waals surface area contributed by atoms with Crippen molar-refractivity contribution >= 4 is 5.91 Å². The number of carbonyl (C=O) groups excluding carboxylic acids is 1. The van der Waals surface area contributed by atoms with Crippen LogP contribution in [0.2, 0.25) is 0 Å². The van der Waals surface area contributed by atoms with Crippen LogP contribution < -0.4 is 4.74 Å². The van der Waals surface area contributed by atoms with E-state index in [4.69, 9.17) is 9.47 Å². The van der Waals surface area contributed by atoms with Gasteiger partial charge in [0.25, 0.3) is 5.91 Å². The van der Waals surface area contributed by atoms with Crippen LogP contribution in [0.15, 0.2) is 24.3 Å². The van der Waals surface area contributed by atoms with Crippen LogP contribution in [0.1, 0.15) is 17.3 Å². The first kappa shape index (κ1) is 11.9. The van der Waals surface area contributed by atoms with Crippen LogP contribution in [-0.2, 0) is 4.74 Å². The van der Waals surface area contributed by atoms with E-state index in [1.165, 1.54) is 0 Å². The monoisotopic (exact) mass is 235 g/mol. The Bertz CT molecular complexity index is 405. The summed E-state index contributed by atoms with van der Waals surface area (Å²) in [6.07, 6.45) is 0. The lowest BCUT2D eigenvalue weighted by atomic mass is 10.1. The maximum Gasteiger partial charge on any atom is 0.254 e. The molecule has 0 saturated carbocycles. The molecule has 1 aromatic carbocycles. The summed E-state index contributed by atoms with van der Waals surface area (Å²) in [6.45, 7) is 3.87. The first-order valence-electron chi connectivity index (χ1n) is 5.75. The van der Waals surface area contributed by atoms with Gasteiger partial charge < -0.3 is 14.4 Å². The number of amides is 1. The molecular formula is C13H17NO3. The van der Waals surface area contributed by atoms with Crippen LogP contribution in [0.4, 0.5) is 0 Å². The molecule has 2 rings (SSSR count). The van der Waals surface area contributed by atoms with Crippen molar-refractivity contribution in [3.63, 3.8) is 0 Å². The van der Waals surface area contributed by atoms with Gasteiger partial charge in [0.2, 0.25) is 0 Å². The zero-order chi connectivity index (χ0) is 12.3. The Hall–Kier alpha value is -1.55. The molecular weight excluding hydrogens is 218 g/mol. The van der Waals surface area contributed by atoms with E-state index in [0.717, 1.165) is 0 Å². The van der Waals surface area contributed by atoms with E-state index in [0.29, 0.717) is 31.1 Å². The van der Waals surface area contributed by atoms with E-state index in [9.17, 15) is 4.79 Å². The minimum Gasteiger partial charge on any atom is -0.497 e. The third-order valence-corrected chi connectivity index (χ3v) is 2.95. The topological polar surface area (TPSA) is 38.8 Å². The Balaban J connectivity index is 2.17. The summed E-state index contributed by atoms with van der Waals surface area (Å²) in [7, 11) is 1.60. The number of benzene rings is 1. The van der Waals surface area contributed by atoms with Crippen LogP contribution in [0.3, 0.4) is 0 Å². The largest absolute Gasteiger partial charge is 0.497 e. The van der Waals surface area contributed by atoms with Gasteiger partial charge in [-0.15, -0.1) is 0 Å². The Morgan fingerprint density at radius 3 is 3.06 bits per heavy atom. The molecule has 1 fully saturated rings. The number of carbonyl (C=O) groups is 1. The Kier molecular flexibility index (Phi) is 3.64. The molecule has 1 aliphatic rings. The molecule has 92 valence electrons. The Morgan fingerprint density at radius 2 is 2.35 bits per heavy atom. The molecule has 1 saturated heterocycles. The normalized spacial score (nSPS) is 20.1. The zero-order valence-electron chi connectivity index (χ0n) is 10.2. The van der Waals surface area contributed by atoms with Crippen LogP contribution in [0, 0.1) is 0 Å².